The number of rotatable bonds is 14. The summed E-state index contributed by atoms with van der Waals surface area (Å²) in [6, 6.07) is 29.8. The summed E-state index contributed by atoms with van der Waals surface area (Å²) < 4.78 is 5.89. The Labute approximate surface area is 246 Å². The van der Waals surface area contributed by atoms with Crippen molar-refractivity contribution in [3.8, 4) is 5.75 Å². The lowest BCUT2D eigenvalue weighted by molar-refractivity contribution is -0.137. The van der Waals surface area contributed by atoms with Crippen LogP contribution >= 0.6 is 0 Å². The molecule has 4 aromatic carbocycles. The third-order valence-corrected chi connectivity index (χ3v) is 6.84. The van der Waals surface area contributed by atoms with Crippen molar-refractivity contribution in [2.45, 2.75) is 25.8 Å². The van der Waals surface area contributed by atoms with E-state index in [1.54, 1.807) is 65.6 Å². The molecule has 214 valence electrons. The van der Waals surface area contributed by atoms with Crippen LogP contribution in [0.4, 0.5) is 11.4 Å². The van der Waals surface area contributed by atoms with Gasteiger partial charge in [-0.3, -0.25) is 9.59 Å². The smallest absolute Gasteiger partial charge is 0.326 e. The average molecular weight is 563 g/mol. The predicted octanol–water partition coefficient (Wildman–Crippen LogP) is 6.32. The van der Waals surface area contributed by atoms with Crippen LogP contribution < -0.4 is 15.0 Å². The van der Waals surface area contributed by atoms with E-state index in [1.807, 2.05) is 49.4 Å². The Morgan fingerprint density at radius 2 is 1.57 bits per heavy atom. The SMILES string of the molecule is C=CC(=O)N(CCCOc1ccc(C[C@H](Nc2ccccc2C(=O)c2ccccc2)C(=O)O)cc1)c1ccccc1C. The molecule has 0 aliphatic rings. The lowest BCUT2D eigenvalue weighted by Crippen LogP contribution is -2.32. The van der Waals surface area contributed by atoms with Crippen molar-refractivity contribution in [1.82, 2.24) is 0 Å². The van der Waals surface area contributed by atoms with E-state index in [0.717, 1.165) is 16.8 Å². The molecule has 0 spiro atoms. The van der Waals surface area contributed by atoms with E-state index in [1.165, 1.54) is 6.08 Å². The molecule has 2 N–H and O–H groups in total. The number of ether oxygens (including phenoxy) is 1. The zero-order valence-corrected chi connectivity index (χ0v) is 23.5. The first kappa shape index (κ1) is 29.8. The Hall–Kier alpha value is -5.17. The highest BCUT2D eigenvalue weighted by atomic mass is 16.5. The van der Waals surface area contributed by atoms with Gasteiger partial charge in [-0.25, -0.2) is 4.79 Å². The quantitative estimate of drug-likeness (QED) is 0.106. The van der Waals surface area contributed by atoms with Crippen molar-refractivity contribution < 1.29 is 24.2 Å². The topological polar surface area (TPSA) is 95.9 Å². The summed E-state index contributed by atoms with van der Waals surface area (Å²) in [6.45, 7) is 6.46. The molecule has 0 aromatic heterocycles. The fraction of sp³-hybridized carbons (Fsp3) is 0.171. The molecule has 0 unspecified atom stereocenters. The van der Waals surface area contributed by atoms with Crippen LogP contribution in [-0.4, -0.2) is 42.0 Å². The van der Waals surface area contributed by atoms with Gasteiger partial charge in [-0.1, -0.05) is 79.4 Å². The van der Waals surface area contributed by atoms with Crippen LogP contribution in [0.2, 0.25) is 0 Å². The summed E-state index contributed by atoms with van der Waals surface area (Å²) in [6.07, 6.45) is 2.13. The molecule has 42 heavy (non-hydrogen) atoms. The maximum atomic E-state index is 13.1. The molecule has 4 aromatic rings. The molecule has 0 aliphatic carbocycles. The Balaban J connectivity index is 1.35. The molecule has 7 nitrogen and oxygen atoms in total. The molecule has 0 radical (unpaired) electrons. The average Bonchev–Trinajstić information content (AvgIpc) is 3.02. The third-order valence-electron chi connectivity index (χ3n) is 6.84. The van der Waals surface area contributed by atoms with Gasteiger partial charge in [-0.05, 0) is 60.9 Å². The van der Waals surface area contributed by atoms with Gasteiger partial charge in [0.1, 0.15) is 11.8 Å². The van der Waals surface area contributed by atoms with Crippen LogP contribution in [0.3, 0.4) is 0 Å². The molecule has 1 amide bonds. The van der Waals surface area contributed by atoms with Crippen LogP contribution in [0.15, 0.2) is 116 Å². The maximum absolute atomic E-state index is 13.1. The second-order valence-electron chi connectivity index (χ2n) is 9.81. The van der Waals surface area contributed by atoms with Gasteiger partial charge in [0.25, 0.3) is 0 Å². The highest BCUT2D eigenvalue weighted by Crippen LogP contribution is 2.23. The summed E-state index contributed by atoms with van der Waals surface area (Å²) in [5.74, 6) is -0.720. The maximum Gasteiger partial charge on any atom is 0.326 e. The first-order valence-corrected chi connectivity index (χ1v) is 13.8. The molecule has 4 rings (SSSR count). The normalized spacial score (nSPS) is 11.3. The van der Waals surface area contributed by atoms with Gasteiger partial charge in [-0.2, -0.15) is 0 Å². The van der Waals surface area contributed by atoms with Crippen molar-refractivity contribution in [3.63, 3.8) is 0 Å². The number of hydrogen-bond donors (Lipinski definition) is 2. The summed E-state index contributed by atoms with van der Waals surface area (Å²) in [5.41, 5.74) is 4.06. The van der Waals surface area contributed by atoms with Crippen molar-refractivity contribution in [1.29, 1.82) is 0 Å². The Morgan fingerprint density at radius 1 is 0.905 bits per heavy atom. The molecule has 0 bridgehead atoms. The standard InChI is InChI=1S/C35H34N2O5/c1-3-33(38)37(32-17-10-7-12-25(32)2)22-11-23-42-28-20-18-26(19-21-28)24-31(35(40)41)36-30-16-9-8-15-29(30)34(39)27-13-5-4-6-14-27/h3-10,12-21,31,36H,1,11,22-24H2,2H3,(H,40,41)/t31-/m0/s1. The van der Waals surface area contributed by atoms with E-state index in [0.29, 0.717) is 42.1 Å². The number of benzene rings is 4. The van der Waals surface area contributed by atoms with Gasteiger partial charge in [-0.15, -0.1) is 0 Å². The van der Waals surface area contributed by atoms with Crippen LogP contribution in [0.25, 0.3) is 0 Å². The highest BCUT2D eigenvalue weighted by Gasteiger charge is 2.21. The number of hydrogen-bond acceptors (Lipinski definition) is 5. The Bertz CT molecular complexity index is 1530. The molecule has 0 fully saturated rings. The monoisotopic (exact) mass is 562 g/mol. The number of carbonyl (C=O) groups is 3. The van der Waals surface area contributed by atoms with E-state index in [2.05, 4.69) is 11.9 Å². The van der Waals surface area contributed by atoms with E-state index in [-0.39, 0.29) is 18.1 Å². The van der Waals surface area contributed by atoms with Crippen LogP contribution in [0, 0.1) is 6.92 Å². The van der Waals surface area contributed by atoms with Crippen molar-refractivity contribution in [3.05, 3.63) is 138 Å². The number of carboxylic acids is 1. The third kappa shape index (κ3) is 7.73. The molecule has 0 saturated carbocycles. The molecular formula is C35H34N2O5. The lowest BCUT2D eigenvalue weighted by Gasteiger charge is -2.23. The number of anilines is 2. The summed E-state index contributed by atoms with van der Waals surface area (Å²) in [5, 5.41) is 13.0. The molecule has 0 aliphatic heterocycles. The van der Waals surface area contributed by atoms with Crippen LogP contribution in [-0.2, 0) is 16.0 Å². The van der Waals surface area contributed by atoms with E-state index in [4.69, 9.17) is 4.74 Å². The van der Waals surface area contributed by atoms with Crippen molar-refractivity contribution >= 4 is 29.0 Å². The van der Waals surface area contributed by atoms with E-state index >= 15 is 0 Å². The summed E-state index contributed by atoms with van der Waals surface area (Å²) in [7, 11) is 0. The number of carboxylic acid groups (broad SMARTS) is 1. The molecule has 0 saturated heterocycles. The number of carbonyl (C=O) groups excluding carboxylic acids is 2. The van der Waals surface area contributed by atoms with Crippen molar-refractivity contribution in [2.75, 3.05) is 23.4 Å². The molecule has 1 atom stereocenters. The molecule has 0 heterocycles. The van der Waals surface area contributed by atoms with Crippen LogP contribution in [0.5, 0.6) is 5.75 Å². The summed E-state index contributed by atoms with van der Waals surface area (Å²) in [4.78, 5) is 39.3. The largest absolute Gasteiger partial charge is 0.494 e. The summed E-state index contributed by atoms with van der Waals surface area (Å²) >= 11 is 0. The zero-order valence-electron chi connectivity index (χ0n) is 23.5. The number of para-hydroxylation sites is 2. The number of aliphatic carboxylic acids is 1. The minimum Gasteiger partial charge on any atom is -0.494 e. The number of nitrogens with zero attached hydrogens (tertiary/aromatic N) is 1. The van der Waals surface area contributed by atoms with Crippen molar-refractivity contribution in [2.24, 2.45) is 0 Å². The molecule has 7 heteroatoms. The fourth-order valence-corrected chi connectivity index (χ4v) is 4.64. The second-order valence-corrected chi connectivity index (χ2v) is 9.81. The number of nitrogens with one attached hydrogen (secondary N) is 1. The van der Waals surface area contributed by atoms with E-state index in [9.17, 15) is 19.5 Å². The lowest BCUT2D eigenvalue weighted by atomic mass is 10.00. The minimum absolute atomic E-state index is 0.165. The fourth-order valence-electron chi connectivity index (χ4n) is 4.64. The molecular weight excluding hydrogens is 528 g/mol. The Morgan fingerprint density at radius 3 is 2.26 bits per heavy atom. The van der Waals surface area contributed by atoms with Gasteiger partial charge < -0.3 is 20.1 Å². The van der Waals surface area contributed by atoms with E-state index < -0.39 is 12.0 Å². The number of amides is 1. The first-order chi connectivity index (χ1) is 20.4. The Kier molecular flexibility index (Phi) is 10.3. The van der Waals surface area contributed by atoms with Crippen LogP contribution in [0.1, 0.15) is 33.5 Å². The van der Waals surface area contributed by atoms with Gasteiger partial charge in [0.05, 0.1) is 6.61 Å². The van der Waals surface area contributed by atoms with Gasteiger partial charge in [0.2, 0.25) is 5.91 Å². The van der Waals surface area contributed by atoms with Gasteiger partial charge in [0.15, 0.2) is 5.78 Å². The second kappa shape index (κ2) is 14.5. The number of aryl methyl sites for hydroxylation is 1. The zero-order chi connectivity index (χ0) is 29.9. The first-order valence-electron chi connectivity index (χ1n) is 13.8. The van der Waals surface area contributed by atoms with Gasteiger partial charge in [0, 0.05) is 35.5 Å². The van der Waals surface area contributed by atoms with Gasteiger partial charge >= 0.3 is 5.97 Å². The minimum atomic E-state index is -1.02. The highest BCUT2D eigenvalue weighted by molar-refractivity contribution is 6.12. The predicted molar refractivity (Wildman–Crippen MR) is 165 cm³/mol. The number of ketones is 1.